The maximum absolute atomic E-state index is 13.2. The number of aliphatic hydroxyl groups excluding tert-OH is 1. The summed E-state index contributed by atoms with van der Waals surface area (Å²) in [6.07, 6.45) is 0. The zero-order valence-corrected chi connectivity index (χ0v) is 24.6. The number of amides is 2. The minimum atomic E-state index is -2.10. The van der Waals surface area contributed by atoms with Gasteiger partial charge in [-0.2, -0.15) is 0 Å². The van der Waals surface area contributed by atoms with Crippen molar-refractivity contribution in [1.29, 1.82) is 0 Å². The third-order valence-corrected chi connectivity index (χ3v) is 12.9. The van der Waals surface area contributed by atoms with E-state index >= 15 is 0 Å². The van der Waals surface area contributed by atoms with E-state index in [-0.39, 0.29) is 41.8 Å². The monoisotopic (exact) mass is 544 g/mol. The van der Waals surface area contributed by atoms with E-state index in [1.165, 1.54) is 4.90 Å². The number of nitrogens with zero attached hydrogens (tertiary/aromatic N) is 1. The SMILES string of the molecule is CC(C)(C)[Si](C)(C)OCC(CN1C(=O)c2ccccc2C1=O)c1cccc(C(N)C(CO)c2ccccc2)c1. The van der Waals surface area contributed by atoms with E-state index in [1.54, 1.807) is 24.3 Å². The van der Waals surface area contributed by atoms with Gasteiger partial charge < -0.3 is 15.3 Å². The number of nitrogens with two attached hydrogens (primary N) is 1. The van der Waals surface area contributed by atoms with Crippen molar-refractivity contribution in [2.45, 2.75) is 56.8 Å². The Hall–Kier alpha value is -3.10. The van der Waals surface area contributed by atoms with Gasteiger partial charge >= 0.3 is 0 Å². The van der Waals surface area contributed by atoms with Gasteiger partial charge in [0.15, 0.2) is 8.32 Å². The molecule has 3 atom stereocenters. The van der Waals surface area contributed by atoms with E-state index in [0.29, 0.717) is 17.7 Å². The molecule has 2 amide bonds. The Kier molecular flexibility index (Phi) is 8.56. The molecule has 3 unspecified atom stereocenters. The van der Waals surface area contributed by atoms with Crippen LogP contribution in [0.5, 0.6) is 0 Å². The van der Waals surface area contributed by atoms with Gasteiger partial charge in [0.25, 0.3) is 11.8 Å². The van der Waals surface area contributed by atoms with Crippen molar-refractivity contribution in [2.24, 2.45) is 5.73 Å². The Balaban J connectivity index is 1.65. The van der Waals surface area contributed by atoms with Crippen LogP contribution in [0.15, 0.2) is 78.9 Å². The van der Waals surface area contributed by atoms with Crippen molar-refractivity contribution in [3.8, 4) is 0 Å². The van der Waals surface area contributed by atoms with Crippen LogP contribution < -0.4 is 5.73 Å². The minimum absolute atomic E-state index is 0.0152. The van der Waals surface area contributed by atoms with Crippen LogP contribution in [-0.4, -0.2) is 49.9 Å². The summed E-state index contributed by atoms with van der Waals surface area (Å²) in [5.41, 5.74) is 10.4. The Morgan fingerprint density at radius 2 is 1.38 bits per heavy atom. The molecule has 3 aromatic rings. The van der Waals surface area contributed by atoms with Crippen molar-refractivity contribution < 1.29 is 19.1 Å². The number of carbonyl (C=O) groups is 2. The number of hydrogen-bond donors (Lipinski definition) is 2. The van der Waals surface area contributed by atoms with E-state index in [4.69, 9.17) is 10.2 Å². The molecule has 1 aliphatic rings. The van der Waals surface area contributed by atoms with Crippen molar-refractivity contribution in [3.63, 3.8) is 0 Å². The quantitative estimate of drug-likeness (QED) is 0.246. The summed E-state index contributed by atoms with van der Waals surface area (Å²) in [6.45, 7) is 11.5. The number of imide groups is 1. The average Bonchev–Trinajstić information content (AvgIpc) is 3.16. The molecule has 4 rings (SSSR count). The molecular formula is C32H40N2O4Si. The zero-order chi connectivity index (χ0) is 28.4. The Bertz CT molecular complexity index is 1280. The lowest BCUT2D eigenvalue weighted by atomic mass is 9.86. The number of aliphatic hydroxyl groups is 1. The summed E-state index contributed by atoms with van der Waals surface area (Å²) < 4.78 is 6.63. The highest BCUT2D eigenvalue weighted by Gasteiger charge is 2.40. The highest BCUT2D eigenvalue weighted by molar-refractivity contribution is 6.74. The fraction of sp³-hybridized carbons (Fsp3) is 0.375. The third-order valence-electron chi connectivity index (χ3n) is 8.36. The number of rotatable bonds is 10. The van der Waals surface area contributed by atoms with Crippen LogP contribution in [0.2, 0.25) is 18.1 Å². The predicted octanol–water partition coefficient (Wildman–Crippen LogP) is 5.86. The molecule has 0 radical (unpaired) electrons. The molecule has 0 spiro atoms. The van der Waals surface area contributed by atoms with Crippen molar-refractivity contribution in [1.82, 2.24) is 4.90 Å². The van der Waals surface area contributed by atoms with Gasteiger partial charge in [-0.1, -0.05) is 87.5 Å². The van der Waals surface area contributed by atoms with E-state index in [1.807, 2.05) is 54.6 Å². The topological polar surface area (TPSA) is 92.9 Å². The van der Waals surface area contributed by atoms with Crippen molar-refractivity contribution >= 4 is 20.1 Å². The van der Waals surface area contributed by atoms with Gasteiger partial charge in [0, 0.05) is 31.0 Å². The van der Waals surface area contributed by atoms with E-state index < -0.39 is 14.4 Å². The molecule has 1 aliphatic heterocycles. The summed E-state index contributed by atoms with van der Waals surface area (Å²) in [7, 11) is -2.10. The number of carbonyl (C=O) groups excluding carboxylic acids is 2. The Labute approximate surface area is 232 Å². The van der Waals surface area contributed by atoms with Crippen LogP contribution >= 0.6 is 0 Å². The third kappa shape index (κ3) is 6.07. The van der Waals surface area contributed by atoms with Gasteiger partial charge in [-0.3, -0.25) is 14.5 Å². The highest BCUT2D eigenvalue weighted by atomic mass is 28.4. The van der Waals surface area contributed by atoms with Crippen LogP contribution in [0.3, 0.4) is 0 Å². The minimum Gasteiger partial charge on any atom is -0.416 e. The van der Waals surface area contributed by atoms with Crippen molar-refractivity contribution in [2.75, 3.05) is 19.8 Å². The number of hydrogen-bond acceptors (Lipinski definition) is 5. The second kappa shape index (κ2) is 11.6. The molecule has 3 N–H and O–H groups in total. The summed E-state index contributed by atoms with van der Waals surface area (Å²) in [5, 5.41) is 10.2. The summed E-state index contributed by atoms with van der Waals surface area (Å²) in [5.74, 6) is -1.05. The number of fused-ring (bicyclic) bond motifs is 1. The van der Waals surface area contributed by atoms with Gasteiger partial charge in [-0.05, 0) is 47.0 Å². The van der Waals surface area contributed by atoms with Crippen LogP contribution in [0.25, 0.3) is 0 Å². The molecule has 0 aromatic heterocycles. The Morgan fingerprint density at radius 1 is 0.846 bits per heavy atom. The molecule has 206 valence electrons. The molecule has 3 aromatic carbocycles. The zero-order valence-electron chi connectivity index (χ0n) is 23.6. The standard InChI is InChI=1S/C32H40N2O4Si/c1-32(2,3)39(4,5)38-21-25(19-34-30(36)26-16-9-10-17-27(26)31(34)37)23-14-11-15-24(18-23)29(33)28(20-35)22-12-7-6-8-13-22/h6-18,25,28-29,35H,19-21,33H2,1-5H3. The molecule has 39 heavy (non-hydrogen) atoms. The second-order valence-electron chi connectivity index (χ2n) is 11.9. The first-order valence-corrected chi connectivity index (χ1v) is 16.5. The fourth-order valence-electron chi connectivity index (χ4n) is 4.78. The smallest absolute Gasteiger partial charge is 0.261 e. The predicted molar refractivity (Wildman–Crippen MR) is 157 cm³/mol. The largest absolute Gasteiger partial charge is 0.416 e. The van der Waals surface area contributed by atoms with Crippen molar-refractivity contribution in [3.05, 3.63) is 107 Å². The molecule has 1 heterocycles. The summed E-state index contributed by atoms with van der Waals surface area (Å²) in [4.78, 5) is 27.8. The average molecular weight is 545 g/mol. The van der Waals surface area contributed by atoms with E-state index in [0.717, 1.165) is 16.7 Å². The molecule has 0 saturated heterocycles. The molecule has 0 saturated carbocycles. The van der Waals surface area contributed by atoms with E-state index in [2.05, 4.69) is 33.9 Å². The van der Waals surface area contributed by atoms with Gasteiger partial charge in [0.1, 0.15) is 0 Å². The van der Waals surface area contributed by atoms with Gasteiger partial charge in [-0.25, -0.2) is 0 Å². The molecule has 0 bridgehead atoms. The molecule has 0 aliphatic carbocycles. The molecule has 6 nitrogen and oxygen atoms in total. The molecule has 0 fully saturated rings. The van der Waals surface area contributed by atoms with E-state index in [9.17, 15) is 14.7 Å². The first-order chi connectivity index (χ1) is 18.4. The van der Waals surface area contributed by atoms with Gasteiger partial charge in [-0.15, -0.1) is 0 Å². The lowest BCUT2D eigenvalue weighted by Gasteiger charge is -2.37. The fourth-order valence-corrected chi connectivity index (χ4v) is 5.84. The lowest BCUT2D eigenvalue weighted by Crippen LogP contribution is -2.43. The second-order valence-corrected chi connectivity index (χ2v) is 16.7. The molecular weight excluding hydrogens is 504 g/mol. The maximum atomic E-state index is 13.2. The summed E-state index contributed by atoms with van der Waals surface area (Å²) >= 11 is 0. The van der Waals surface area contributed by atoms with Crippen LogP contribution in [0, 0.1) is 0 Å². The first-order valence-electron chi connectivity index (χ1n) is 13.5. The number of benzene rings is 3. The lowest BCUT2D eigenvalue weighted by molar-refractivity contribution is 0.0633. The summed E-state index contributed by atoms with van der Waals surface area (Å²) in [6, 6.07) is 24.3. The van der Waals surface area contributed by atoms with Crippen LogP contribution in [0.1, 0.15) is 76.1 Å². The normalized spacial score (nSPS) is 16.2. The molecule has 7 heteroatoms. The maximum Gasteiger partial charge on any atom is 0.261 e. The Morgan fingerprint density at radius 3 is 1.95 bits per heavy atom. The van der Waals surface area contributed by atoms with Crippen LogP contribution in [0.4, 0.5) is 0 Å². The van der Waals surface area contributed by atoms with Crippen LogP contribution in [-0.2, 0) is 4.43 Å². The van der Waals surface area contributed by atoms with Gasteiger partial charge in [0.2, 0.25) is 0 Å². The highest BCUT2D eigenvalue weighted by Crippen LogP contribution is 2.38. The van der Waals surface area contributed by atoms with Gasteiger partial charge in [0.05, 0.1) is 17.7 Å². The first kappa shape index (κ1) is 28.9.